The third-order valence-electron chi connectivity index (χ3n) is 3.53. The minimum absolute atomic E-state index is 0.0861. The predicted molar refractivity (Wildman–Crippen MR) is 66.5 cm³/mol. The average molecular weight is 235 g/mol. The summed E-state index contributed by atoms with van der Waals surface area (Å²) in [6.45, 7) is 1.06. The molecule has 1 saturated heterocycles. The summed E-state index contributed by atoms with van der Waals surface area (Å²) in [5, 5.41) is 0. The van der Waals surface area contributed by atoms with Crippen molar-refractivity contribution in [3.8, 4) is 0 Å². The third kappa shape index (κ3) is 1.50. The Morgan fingerprint density at radius 2 is 2.19 bits per heavy atom. The molecule has 0 spiro atoms. The Balaban J connectivity index is 1.95. The maximum Gasteiger partial charge on any atom is 0.130 e. The first-order valence-corrected chi connectivity index (χ1v) is 6.75. The highest BCUT2D eigenvalue weighted by Crippen LogP contribution is 2.44. The lowest BCUT2D eigenvalue weighted by Gasteiger charge is -2.23. The van der Waals surface area contributed by atoms with Gasteiger partial charge in [-0.05, 0) is 30.2 Å². The maximum absolute atomic E-state index is 13.7. The molecule has 1 aliphatic heterocycles. The van der Waals surface area contributed by atoms with E-state index >= 15 is 0 Å². The number of hydrogen-bond acceptors (Lipinski definition) is 2. The van der Waals surface area contributed by atoms with Crippen LogP contribution in [0.4, 0.5) is 4.39 Å². The van der Waals surface area contributed by atoms with Crippen molar-refractivity contribution < 1.29 is 4.39 Å². The molecule has 1 aliphatic carbocycles. The molecule has 3 rings (SSSR count). The van der Waals surface area contributed by atoms with E-state index < -0.39 is 0 Å². The molecule has 2 bridgehead atoms. The number of benzene rings is 1. The van der Waals surface area contributed by atoms with Crippen molar-refractivity contribution in [2.75, 3.05) is 12.8 Å². The van der Waals surface area contributed by atoms with Crippen molar-refractivity contribution in [2.24, 2.45) is 5.92 Å². The van der Waals surface area contributed by atoms with E-state index in [0.717, 1.165) is 18.5 Å². The van der Waals surface area contributed by atoms with E-state index in [1.807, 2.05) is 12.1 Å². The number of nitrogens with zero attached hydrogens (tertiary/aromatic N) is 1. The summed E-state index contributed by atoms with van der Waals surface area (Å²) in [6.07, 6.45) is 5.50. The van der Waals surface area contributed by atoms with Gasteiger partial charge < -0.3 is 0 Å². The summed E-state index contributed by atoms with van der Waals surface area (Å²) in [5.74, 6) is 0.436. The highest BCUT2D eigenvalue weighted by Gasteiger charge is 2.39. The molecule has 0 radical (unpaired) electrons. The van der Waals surface area contributed by atoms with Crippen molar-refractivity contribution in [1.82, 2.24) is 4.31 Å². The van der Waals surface area contributed by atoms with E-state index in [9.17, 15) is 4.39 Å². The number of halogens is 1. The van der Waals surface area contributed by atoms with Gasteiger partial charge in [0.15, 0.2) is 0 Å². The van der Waals surface area contributed by atoms with E-state index in [-0.39, 0.29) is 5.82 Å². The van der Waals surface area contributed by atoms with Crippen LogP contribution in [0.5, 0.6) is 0 Å². The van der Waals surface area contributed by atoms with Crippen LogP contribution in [-0.4, -0.2) is 23.1 Å². The minimum atomic E-state index is -0.0861. The molecule has 0 unspecified atom stereocenters. The largest absolute Gasteiger partial charge is 0.243 e. The van der Waals surface area contributed by atoms with Crippen molar-refractivity contribution in [3.05, 3.63) is 41.7 Å². The van der Waals surface area contributed by atoms with Crippen molar-refractivity contribution in [3.63, 3.8) is 0 Å². The van der Waals surface area contributed by atoms with Crippen LogP contribution >= 0.6 is 11.9 Å². The van der Waals surface area contributed by atoms with Crippen LogP contribution in [0.25, 0.3) is 5.57 Å². The lowest BCUT2D eigenvalue weighted by Crippen LogP contribution is -2.23. The quantitative estimate of drug-likeness (QED) is 0.724. The third-order valence-corrected chi connectivity index (χ3v) is 4.42. The second kappa shape index (κ2) is 3.90. The maximum atomic E-state index is 13.7. The Morgan fingerprint density at radius 3 is 2.81 bits per heavy atom. The average Bonchev–Trinajstić information content (AvgIpc) is 2.88. The van der Waals surface area contributed by atoms with Gasteiger partial charge >= 0.3 is 0 Å². The molecule has 2 atom stereocenters. The van der Waals surface area contributed by atoms with Gasteiger partial charge in [0.1, 0.15) is 5.82 Å². The Morgan fingerprint density at radius 1 is 1.38 bits per heavy atom. The van der Waals surface area contributed by atoms with E-state index in [0.29, 0.717) is 12.0 Å². The molecule has 1 aromatic carbocycles. The van der Waals surface area contributed by atoms with Gasteiger partial charge in [-0.25, -0.2) is 8.70 Å². The second-order valence-electron chi connectivity index (χ2n) is 4.38. The highest BCUT2D eigenvalue weighted by atomic mass is 32.2. The normalized spacial score (nSPS) is 28.5. The first-order valence-electron chi connectivity index (χ1n) is 5.57. The van der Waals surface area contributed by atoms with Gasteiger partial charge in [0, 0.05) is 18.2 Å². The van der Waals surface area contributed by atoms with E-state index in [4.69, 9.17) is 0 Å². The van der Waals surface area contributed by atoms with Gasteiger partial charge in [0.2, 0.25) is 0 Å². The monoisotopic (exact) mass is 235 g/mol. The summed E-state index contributed by atoms with van der Waals surface area (Å²) in [5.41, 5.74) is 2.02. The van der Waals surface area contributed by atoms with Gasteiger partial charge in [-0.2, -0.15) is 0 Å². The smallest absolute Gasteiger partial charge is 0.130 e. The summed E-state index contributed by atoms with van der Waals surface area (Å²) in [7, 11) is 0. The van der Waals surface area contributed by atoms with E-state index in [1.165, 1.54) is 5.57 Å². The Labute approximate surface area is 99.5 Å². The van der Waals surface area contributed by atoms with Gasteiger partial charge in [-0.1, -0.05) is 36.2 Å². The molecule has 0 amide bonds. The fourth-order valence-corrected chi connectivity index (χ4v) is 3.52. The van der Waals surface area contributed by atoms with Gasteiger partial charge in [-0.15, -0.1) is 0 Å². The highest BCUT2D eigenvalue weighted by molar-refractivity contribution is 7.96. The lowest BCUT2D eigenvalue weighted by molar-refractivity contribution is 0.494. The minimum Gasteiger partial charge on any atom is -0.243 e. The number of hydrogen-bond donors (Lipinski definition) is 0. The first-order chi connectivity index (χ1) is 7.79. The van der Waals surface area contributed by atoms with Crippen LogP contribution in [0.3, 0.4) is 0 Å². The molecular formula is C13H14FNS. The summed E-state index contributed by atoms with van der Waals surface area (Å²) in [6, 6.07) is 7.62. The molecule has 2 aliphatic rings. The standard InChI is InChI=1S/C13H14FNS/c1-16-15-8-9-6-10(15)7-12(9)11-4-2-3-5-13(11)14/h2-5,7,9-10H,6,8H2,1H3/t9-,10-/m0/s1. The van der Waals surface area contributed by atoms with Crippen LogP contribution in [0.1, 0.15) is 12.0 Å². The molecule has 0 aromatic heterocycles. The fraction of sp³-hybridized carbons (Fsp3) is 0.385. The summed E-state index contributed by atoms with van der Waals surface area (Å²) in [4.78, 5) is 0. The van der Waals surface area contributed by atoms with Crippen LogP contribution in [0.2, 0.25) is 0 Å². The van der Waals surface area contributed by atoms with Gasteiger partial charge in [0.05, 0.1) is 0 Å². The van der Waals surface area contributed by atoms with Crippen molar-refractivity contribution in [1.29, 1.82) is 0 Å². The van der Waals surface area contributed by atoms with Crippen molar-refractivity contribution in [2.45, 2.75) is 12.5 Å². The molecule has 1 aromatic rings. The molecule has 0 N–H and O–H groups in total. The molecule has 1 nitrogen and oxygen atoms in total. The fourth-order valence-electron chi connectivity index (χ4n) is 2.77. The van der Waals surface area contributed by atoms with E-state index in [2.05, 4.69) is 16.6 Å². The first kappa shape index (κ1) is 10.4. The SMILES string of the molecule is CSN1C[C@@H]2C[C@H]1C=C2c1ccccc1F. The molecule has 1 fully saturated rings. The molecular weight excluding hydrogens is 221 g/mol. The molecule has 0 saturated carbocycles. The molecule has 16 heavy (non-hydrogen) atoms. The molecule has 3 heteroatoms. The summed E-state index contributed by atoms with van der Waals surface area (Å²) < 4.78 is 16.1. The zero-order valence-corrected chi connectivity index (χ0v) is 10.0. The Kier molecular flexibility index (Phi) is 2.52. The Hall–Kier alpha value is -0.800. The predicted octanol–water partition coefficient (Wildman–Crippen LogP) is 3.19. The van der Waals surface area contributed by atoms with Crippen LogP contribution in [0, 0.1) is 11.7 Å². The topological polar surface area (TPSA) is 3.24 Å². The van der Waals surface area contributed by atoms with Crippen LogP contribution in [-0.2, 0) is 0 Å². The zero-order valence-electron chi connectivity index (χ0n) is 9.19. The van der Waals surface area contributed by atoms with Crippen molar-refractivity contribution >= 4 is 17.5 Å². The second-order valence-corrected chi connectivity index (χ2v) is 5.22. The van der Waals surface area contributed by atoms with Gasteiger partial charge in [-0.3, -0.25) is 0 Å². The van der Waals surface area contributed by atoms with E-state index in [1.54, 1.807) is 24.1 Å². The molecule has 84 valence electrons. The lowest BCUT2D eigenvalue weighted by atomic mass is 9.95. The zero-order chi connectivity index (χ0) is 11.1. The summed E-state index contributed by atoms with van der Waals surface area (Å²) >= 11 is 1.79. The Bertz CT molecular complexity index is 443. The number of fused-ring (bicyclic) bond motifs is 2. The van der Waals surface area contributed by atoms with Crippen LogP contribution < -0.4 is 0 Å². The molecule has 1 heterocycles. The number of rotatable bonds is 2. The van der Waals surface area contributed by atoms with Crippen LogP contribution in [0.15, 0.2) is 30.3 Å². The van der Waals surface area contributed by atoms with Gasteiger partial charge in [0.25, 0.3) is 0 Å².